The molecular weight excluding hydrogens is 576 g/mol. The number of nitrogens with zero attached hydrogens (tertiary/aromatic N) is 3. The fourth-order valence-electron chi connectivity index (χ4n) is 1.54. The standard InChI is InChI=1S/C9H13BrN2O2.C6H11BrO2.C3H3BrN2/c1-9(2,3)14-8(13)6-12-5-4-7(10)11-12;1-6(2,3)9-5(8)4-7;4-3-1-2-5-6-3/h4-5H,6H2,1-3H3;4H2,1-3H3;1-2H,(H,5,6). The van der Waals surface area contributed by atoms with E-state index in [0.29, 0.717) is 4.60 Å². The van der Waals surface area contributed by atoms with Gasteiger partial charge in [0.1, 0.15) is 32.3 Å². The van der Waals surface area contributed by atoms with Crippen LogP contribution in [0.3, 0.4) is 0 Å². The van der Waals surface area contributed by atoms with Gasteiger partial charge < -0.3 is 9.47 Å². The van der Waals surface area contributed by atoms with Gasteiger partial charge in [0.05, 0.1) is 0 Å². The van der Waals surface area contributed by atoms with E-state index in [0.717, 1.165) is 4.60 Å². The largest absolute Gasteiger partial charge is 0.459 e. The maximum absolute atomic E-state index is 11.3. The van der Waals surface area contributed by atoms with Gasteiger partial charge in [-0.2, -0.15) is 10.2 Å². The quantitative estimate of drug-likeness (QED) is 0.397. The lowest BCUT2D eigenvalue weighted by Crippen LogP contribution is -2.26. The third-order valence-electron chi connectivity index (χ3n) is 2.32. The Morgan fingerprint density at radius 3 is 1.86 bits per heavy atom. The van der Waals surface area contributed by atoms with Crippen LogP contribution in [-0.4, -0.2) is 48.4 Å². The van der Waals surface area contributed by atoms with E-state index in [1.165, 1.54) is 4.68 Å². The minimum Gasteiger partial charge on any atom is -0.459 e. The average molecular weight is 603 g/mol. The van der Waals surface area contributed by atoms with Gasteiger partial charge in [-0.1, -0.05) is 15.9 Å². The van der Waals surface area contributed by atoms with Gasteiger partial charge in [0.2, 0.25) is 0 Å². The summed E-state index contributed by atoms with van der Waals surface area (Å²) < 4.78 is 13.2. The van der Waals surface area contributed by atoms with Crippen molar-refractivity contribution in [2.75, 3.05) is 5.33 Å². The maximum atomic E-state index is 11.3. The summed E-state index contributed by atoms with van der Waals surface area (Å²) >= 11 is 9.36. The molecule has 0 spiro atoms. The van der Waals surface area contributed by atoms with Crippen molar-refractivity contribution >= 4 is 59.7 Å². The second-order valence-electron chi connectivity index (χ2n) is 7.55. The highest BCUT2D eigenvalue weighted by Crippen LogP contribution is 2.09. The number of ether oxygens (including phenoxy) is 2. The fraction of sp³-hybridized carbons (Fsp3) is 0.556. The number of rotatable bonds is 3. The van der Waals surface area contributed by atoms with Gasteiger partial charge in [-0.15, -0.1) is 0 Å². The lowest BCUT2D eigenvalue weighted by atomic mass is 10.2. The smallest absolute Gasteiger partial charge is 0.328 e. The molecular formula is C18H27Br3N4O4. The minimum atomic E-state index is -0.443. The molecule has 0 amide bonds. The lowest BCUT2D eigenvalue weighted by molar-refractivity contribution is -0.156. The van der Waals surface area contributed by atoms with Gasteiger partial charge in [0, 0.05) is 12.4 Å². The van der Waals surface area contributed by atoms with E-state index in [2.05, 4.69) is 63.1 Å². The van der Waals surface area contributed by atoms with Crippen molar-refractivity contribution in [1.29, 1.82) is 0 Å². The van der Waals surface area contributed by atoms with E-state index in [-0.39, 0.29) is 29.4 Å². The summed E-state index contributed by atoms with van der Waals surface area (Å²) in [5, 5.41) is 10.6. The van der Waals surface area contributed by atoms with E-state index in [4.69, 9.17) is 9.47 Å². The second-order valence-corrected chi connectivity index (χ2v) is 9.77. The van der Waals surface area contributed by atoms with Gasteiger partial charge in [0.25, 0.3) is 0 Å². The summed E-state index contributed by atoms with van der Waals surface area (Å²) in [5.41, 5.74) is -0.799. The summed E-state index contributed by atoms with van der Waals surface area (Å²) in [6, 6.07) is 3.60. The Morgan fingerprint density at radius 2 is 1.59 bits per heavy atom. The van der Waals surface area contributed by atoms with Crippen molar-refractivity contribution in [3.05, 3.63) is 33.7 Å². The van der Waals surface area contributed by atoms with Gasteiger partial charge in [-0.3, -0.25) is 19.4 Å². The molecule has 0 saturated carbocycles. The first-order valence-corrected chi connectivity index (χ1v) is 11.3. The number of alkyl halides is 1. The summed E-state index contributed by atoms with van der Waals surface area (Å²) in [5.74, 6) is -0.504. The van der Waals surface area contributed by atoms with E-state index < -0.39 is 5.60 Å². The van der Waals surface area contributed by atoms with Crippen LogP contribution in [0.25, 0.3) is 0 Å². The molecule has 0 aliphatic heterocycles. The molecule has 0 aromatic carbocycles. The molecule has 8 nitrogen and oxygen atoms in total. The first-order valence-electron chi connectivity index (χ1n) is 8.55. The molecule has 0 unspecified atom stereocenters. The summed E-state index contributed by atoms with van der Waals surface area (Å²) in [6.07, 6.45) is 3.40. The number of carbonyl (C=O) groups is 2. The van der Waals surface area contributed by atoms with Crippen LogP contribution >= 0.6 is 47.8 Å². The van der Waals surface area contributed by atoms with Crippen LogP contribution in [0.1, 0.15) is 41.5 Å². The molecule has 0 bridgehead atoms. The highest BCUT2D eigenvalue weighted by atomic mass is 79.9. The van der Waals surface area contributed by atoms with Crippen molar-refractivity contribution in [2.24, 2.45) is 0 Å². The van der Waals surface area contributed by atoms with Crippen molar-refractivity contribution in [3.8, 4) is 0 Å². The normalized spacial score (nSPS) is 10.8. The highest BCUT2D eigenvalue weighted by molar-refractivity contribution is 9.10. The molecule has 29 heavy (non-hydrogen) atoms. The lowest BCUT2D eigenvalue weighted by Gasteiger charge is -2.19. The Morgan fingerprint density at radius 1 is 1.03 bits per heavy atom. The highest BCUT2D eigenvalue weighted by Gasteiger charge is 2.16. The Hall–Kier alpha value is -1.20. The predicted octanol–water partition coefficient (Wildman–Crippen LogP) is 4.88. The van der Waals surface area contributed by atoms with Crippen molar-refractivity contribution in [1.82, 2.24) is 20.0 Å². The fourth-order valence-corrected chi connectivity index (χ4v) is 2.20. The molecule has 0 saturated heterocycles. The summed E-state index contributed by atoms with van der Waals surface area (Å²) in [6.45, 7) is 11.2. The number of esters is 2. The Labute approximate surface area is 196 Å². The third-order valence-corrected chi connectivity index (χ3v) is 3.64. The van der Waals surface area contributed by atoms with Crippen molar-refractivity contribution < 1.29 is 19.1 Å². The monoisotopic (exact) mass is 600 g/mol. The molecule has 2 aromatic rings. The topological polar surface area (TPSA) is 99.1 Å². The van der Waals surface area contributed by atoms with E-state index >= 15 is 0 Å². The third kappa shape index (κ3) is 17.4. The SMILES string of the molecule is Brc1ccn[nH]1.CC(C)(C)OC(=O)CBr.CC(C)(C)OC(=O)Cn1ccc(Br)n1. The zero-order valence-electron chi connectivity index (χ0n) is 17.3. The van der Waals surface area contributed by atoms with Crippen LogP contribution < -0.4 is 0 Å². The molecule has 2 aromatic heterocycles. The van der Waals surface area contributed by atoms with Crippen LogP contribution in [0.4, 0.5) is 0 Å². The van der Waals surface area contributed by atoms with Crippen LogP contribution in [0, 0.1) is 0 Å². The number of hydrogen-bond donors (Lipinski definition) is 1. The zero-order chi connectivity index (χ0) is 22.7. The van der Waals surface area contributed by atoms with E-state index in [1.54, 1.807) is 18.5 Å². The number of nitrogens with one attached hydrogen (secondary N) is 1. The zero-order valence-corrected chi connectivity index (χ0v) is 22.1. The maximum Gasteiger partial charge on any atom is 0.328 e. The van der Waals surface area contributed by atoms with Gasteiger partial charge in [-0.25, -0.2) is 0 Å². The Kier molecular flexibility index (Phi) is 12.6. The van der Waals surface area contributed by atoms with Crippen LogP contribution in [-0.2, 0) is 25.6 Å². The van der Waals surface area contributed by atoms with Crippen molar-refractivity contribution in [2.45, 2.75) is 59.3 Å². The van der Waals surface area contributed by atoms with Gasteiger partial charge in [-0.05, 0) is 85.5 Å². The van der Waals surface area contributed by atoms with Crippen LogP contribution in [0.15, 0.2) is 33.7 Å². The average Bonchev–Trinajstić information content (AvgIpc) is 3.16. The van der Waals surface area contributed by atoms with Crippen LogP contribution in [0.5, 0.6) is 0 Å². The second kappa shape index (κ2) is 13.2. The van der Waals surface area contributed by atoms with Crippen molar-refractivity contribution in [3.63, 3.8) is 0 Å². The molecule has 2 heterocycles. The number of aromatic amines is 1. The number of hydrogen-bond acceptors (Lipinski definition) is 6. The first kappa shape index (κ1) is 27.8. The van der Waals surface area contributed by atoms with Gasteiger partial charge in [0.15, 0.2) is 0 Å². The van der Waals surface area contributed by atoms with E-state index in [9.17, 15) is 9.59 Å². The Bertz CT molecular complexity index is 735. The first-order chi connectivity index (χ1) is 13.2. The summed E-state index contributed by atoms with van der Waals surface area (Å²) in [4.78, 5) is 21.9. The Balaban J connectivity index is 0.000000446. The summed E-state index contributed by atoms with van der Waals surface area (Å²) in [7, 11) is 0. The molecule has 0 fully saturated rings. The number of carbonyl (C=O) groups excluding carboxylic acids is 2. The molecule has 11 heteroatoms. The molecule has 0 atom stereocenters. The number of aromatic nitrogens is 4. The van der Waals surface area contributed by atoms with E-state index in [1.807, 2.05) is 47.6 Å². The number of H-pyrrole nitrogens is 1. The number of halogens is 3. The molecule has 0 radical (unpaired) electrons. The molecule has 0 aliphatic rings. The molecule has 2 rings (SSSR count). The predicted molar refractivity (Wildman–Crippen MR) is 122 cm³/mol. The molecule has 0 aliphatic carbocycles. The van der Waals surface area contributed by atoms with Crippen LogP contribution in [0.2, 0.25) is 0 Å². The molecule has 1 N–H and O–H groups in total. The van der Waals surface area contributed by atoms with Gasteiger partial charge >= 0.3 is 11.9 Å². The minimum absolute atomic E-state index is 0.142. The molecule has 164 valence electrons.